The lowest BCUT2D eigenvalue weighted by atomic mass is 9.95. The molecule has 11 heteroatoms. The number of nitrogens with one attached hydrogen (secondary N) is 3. The van der Waals surface area contributed by atoms with Gasteiger partial charge in [0, 0.05) is 6.42 Å². The number of carbonyl (C=O) groups excluding carboxylic acids is 4. The first-order chi connectivity index (χ1) is 15.7. The van der Waals surface area contributed by atoms with Crippen LogP contribution >= 0.6 is 0 Å². The van der Waals surface area contributed by atoms with Gasteiger partial charge in [0.1, 0.15) is 18.1 Å². The highest BCUT2D eigenvalue weighted by molar-refractivity contribution is 5.94. The molecule has 0 aliphatic rings. The third kappa shape index (κ3) is 12.0. The van der Waals surface area contributed by atoms with E-state index in [2.05, 4.69) is 16.0 Å². The second-order valence-corrected chi connectivity index (χ2v) is 9.70. The molecule has 0 rings (SSSR count). The van der Waals surface area contributed by atoms with Crippen LogP contribution in [0.15, 0.2) is 0 Å². The Morgan fingerprint density at radius 3 is 1.76 bits per heavy atom. The predicted molar refractivity (Wildman–Crippen MR) is 128 cm³/mol. The van der Waals surface area contributed by atoms with E-state index in [-0.39, 0.29) is 37.0 Å². The van der Waals surface area contributed by atoms with Gasteiger partial charge in [0.05, 0.1) is 6.04 Å². The number of carbonyl (C=O) groups is 5. The third-order valence-electron chi connectivity index (χ3n) is 5.49. The molecule has 0 saturated carbocycles. The SMILES string of the molecule is CCC(C)C(NC(=O)C(N)CC(C)C)C(=O)NC(CC(C)C)C(=O)NC(CCC(N)=O)C(=O)O. The minimum absolute atomic E-state index is 0.000974. The van der Waals surface area contributed by atoms with E-state index in [0.29, 0.717) is 12.8 Å². The van der Waals surface area contributed by atoms with Gasteiger partial charge in [-0.05, 0) is 37.0 Å². The molecule has 0 aliphatic heterocycles. The average Bonchev–Trinajstić information content (AvgIpc) is 2.72. The van der Waals surface area contributed by atoms with E-state index in [9.17, 15) is 29.1 Å². The molecular formula is C23H43N5O6. The number of carboxylic acid groups (broad SMARTS) is 1. The molecule has 0 aliphatic carbocycles. The Labute approximate surface area is 202 Å². The maximum atomic E-state index is 13.1. The van der Waals surface area contributed by atoms with Crippen molar-refractivity contribution in [3.05, 3.63) is 0 Å². The summed E-state index contributed by atoms with van der Waals surface area (Å²) in [7, 11) is 0. The van der Waals surface area contributed by atoms with Crippen molar-refractivity contribution in [1.82, 2.24) is 16.0 Å². The number of carboxylic acids is 1. The highest BCUT2D eigenvalue weighted by atomic mass is 16.4. The van der Waals surface area contributed by atoms with Crippen LogP contribution in [0.3, 0.4) is 0 Å². The van der Waals surface area contributed by atoms with Crippen LogP contribution in [0, 0.1) is 17.8 Å². The van der Waals surface area contributed by atoms with Crippen molar-refractivity contribution < 1.29 is 29.1 Å². The van der Waals surface area contributed by atoms with Gasteiger partial charge in [-0.1, -0.05) is 48.0 Å². The van der Waals surface area contributed by atoms with Gasteiger partial charge in [0.15, 0.2) is 0 Å². The Kier molecular flexibility index (Phi) is 14.1. The van der Waals surface area contributed by atoms with Crippen molar-refractivity contribution in [1.29, 1.82) is 0 Å². The third-order valence-corrected chi connectivity index (χ3v) is 5.49. The van der Waals surface area contributed by atoms with Crippen molar-refractivity contribution in [2.75, 3.05) is 0 Å². The van der Waals surface area contributed by atoms with Gasteiger partial charge < -0.3 is 32.5 Å². The van der Waals surface area contributed by atoms with E-state index >= 15 is 0 Å². The zero-order valence-corrected chi connectivity index (χ0v) is 21.2. The lowest BCUT2D eigenvalue weighted by molar-refractivity contribution is -0.142. The van der Waals surface area contributed by atoms with Gasteiger partial charge in [-0.25, -0.2) is 4.79 Å². The fourth-order valence-electron chi connectivity index (χ4n) is 3.36. The normalized spacial score (nSPS) is 15.7. The lowest BCUT2D eigenvalue weighted by Gasteiger charge is -2.28. The summed E-state index contributed by atoms with van der Waals surface area (Å²) in [5, 5.41) is 17.1. The number of amides is 4. The maximum Gasteiger partial charge on any atom is 0.326 e. The van der Waals surface area contributed by atoms with Crippen molar-refractivity contribution in [2.45, 2.75) is 97.8 Å². The minimum Gasteiger partial charge on any atom is -0.480 e. The van der Waals surface area contributed by atoms with Gasteiger partial charge >= 0.3 is 5.97 Å². The van der Waals surface area contributed by atoms with Gasteiger partial charge in [0.2, 0.25) is 23.6 Å². The monoisotopic (exact) mass is 485 g/mol. The summed E-state index contributed by atoms with van der Waals surface area (Å²) in [4.78, 5) is 61.1. The molecule has 5 atom stereocenters. The first-order valence-electron chi connectivity index (χ1n) is 11.9. The standard InChI is InChI=1S/C23H43N5O6/c1-7-14(6)19(28-20(30)15(24)10-12(2)3)22(32)27-17(11-13(4)5)21(31)26-16(23(33)34)8-9-18(25)29/h12-17,19H,7-11,24H2,1-6H3,(H2,25,29)(H,26,31)(H,27,32)(H,28,30)(H,33,34). The average molecular weight is 486 g/mol. The number of hydrogen-bond acceptors (Lipinski definition) is 6. The summed E-state index contributed by atoms with van der Waals surface area (Å²) >= 11 is 0. The van der Waals surface area contributed by atoms with Crippen LogP contribution in [0.2, 0.25) is 0 Å². The van der Waals surface area contributed by atoms with Crippen LogP contribution in [0.25, 0.3) is 0 Å². The van der Waals surface area contributed by atoms with Crippen LogP contribution in [-0.2, 0) is 24.0 Å². The van der Waals surface area contributed by atoms with Gasteiger partial charge in [-0.15, -0.1) is 0 Å². The zero-order valence-electron chi connectivity index (χ0n) is 21.2. The Bertz CT molecular complexity index is 712. The molecule has 0 aromatic rings. The Morgan fingerprint density at radius 2 is 1.32 bits per heavy atom. The van der Waals surface area contributed by atoms with Crippen molar-refractivity contribution in [2.24, 2.45) is 29.2 Å². The first-order valence-corrected chi connectivity index (χ1v) is 11.9. The highest BCUT2D eigenvalue weighted by Gasteiger charge is 2.32. The summed E-state index contributed by atoms with van der Waals surface area (Å²) in [6, 6.07) is -4.04. The Morgan fingerprint density at radius 1 is 0.794 bits per heavy atom. The highest BCUT2D eigenvalue weighted by Crippen LogP contribution is 2.12. The van der Waals surface area contributed by atoms with Crippen molar-refractivity contribution in [3.8, 4) is 0 Å². The zero-order chi connectivity index (χ0) is 26.6. The second-order valence-electron chi connectivity index (χ2n) is 9.70. The number of hydrogen-bond donors (Lipinski definition) is 6. The molecule has 8 N–H and O–H groups in total. The lowest BCUT2D eigenvalue weighted by Crippen LogP contribution is -2.59. The Hall–Kier alpha value is -2.69. The van der Waals surface area contributed by atoms with E-state index in [1.54, 1.807) is 6.92 Å². The molecule has 0 spiro atoms. The summed E-state index contributed by atoms with van der Waals surface area (Å²) in [5.41, 5.74) is 11.0. The molecule has 0 aromatic heterocycles. The number of rotatable bonds is 16. The predicted octanol–water partition coefficient (Wildman–Crippen LogP) is 0.257. The topological polar surface area (TPSA) is 194 Å². The fourth-order valence-corrected chi connectivity index (χ4v) is 3.36. The molecule has 0 saturated heterocycles. The van der Waals surface area contributed by atoms with Crippen molar-refractivity contribution >= 4 is 29.6 Å². The molecule has 0 aromatic carbocycles. The van der Waals surface area contributed by atoms with Crippen LogP contribution in [-0.4, -0.2) is 58.9 Å². The molecule has 4 amide bonds. The van der Waals surface area contributed by atoms with Gasteiger partial charge in [-0.2, -0.15) is 0 Å². The molecule has 196 valence electrons. The fraction of sp³-hybridized carbons (Fsp3) is 0.783. The van der Waals surface area contributed by atoms with Crippen molar-refractivity contribution in [3.63, 3.8) is 0 Å². The molecule has 0 heterocycles. The van der Waals surface area contributed by atoms with E-state index in [4.69, 9.17) is 11.5 Å². The molecule has 5 unspecified atom stereocenters. The van der Waals surface area contributed by atoms with Gasteiger partial charge in [0.25, 0.3) is 0 Å². The Balaban J connectivity index is 5.55. The molecule has 34 heavy (non-hydrogen) atoms. The first kappa shape index (κ1) is 31.3. The van der Waals surface area contributed by atoms with Crippen LogP contribution < -0.4 is 27.4 Å². The number of aliphatic carboxylic acids is 1. The summed E-state index contributed by atoms with van der Waals surface area (Å²) in [6.45, 7) is 11.3. The molecule has 0 bridgehead atoms. The van der Waals surface area contributed by atoms with E-state index in [1.165, 1.54) is 0 Å². The van der Waals surface area contributed by atoms with Crippen LogP contribution in [0.5, 0.6) is 0 Å². The largest absolute Gasteiger partial charge is 0.480 e. The van der Waals surface area contributed by atoms with E-state index < -0.39 is 53.8 Å². The minimum atomic E-state index is -1.33. The number of nitrogens with two attached hydrogens (primary N) is 2. The smallest absolute Gasteiger partial charge is 0.326 e. The van der Waals surface area contributed by atoms with Crippen LogP contribution in [0.4, 0.5) is 0 Å². The quantitative estimate of drug-likeness (QED) is 0.180. The summed E-state index contributed by atoms with van der Waals surface area (Å²) in [5.74, 6) is -3.72. The molecule has 0 fully saturated rings. The second kappa shape index (κ2) is 15.3. The molecular weight excluding hydrogens is 442 g/mol. The molecule has 0 radical (unpaired) electrons. The number of primary amides is 1. The van der Waals surface area contributed by atoms with E-state index in [0.717, 1.165) is 0 Å². The maximum absolute atomic E-state index is 13.1. The molecule has 11 nitrogen and oxygen atoms in total. The van der Waals surface area contributed by atoms with Gasteiger partial charge in [-0.3, -0.25) is 19.2 Å². The van der Waals surface area contributed by atoms with E-state index in [1.807, 2.05) is 34.6 Å². The van der Waals surface area contributed by atoms with Crippen LogP contribution in [0.1, 0.15) is 73.6 Å². The summed E-state index contributed by atoms with van der Waals surface area (Å²) in [6.07, 6.45) is 0.914. The summed E-state index contributed by atoms with van der Waals surface area (Å²) < 4.78 is 0.